The van der Waals surface area contributed by atoms with Gasteiger partial charge in [-0.3, -0.25) is 0 Å². The zero-order valence-corrected chi connectivity index (χ0v) is 22.1. The number of aromatic nitrogens is 4. The Labute approximate surface area is 195 Å². The Kier molecular flexibility index (Phi) is 5.34. The number of fused-ring (bicyclic) bond motifs is 8. The summed E-state index contributed by atoms with van der Waals surface area (Å²) in [5, 5.41) is 3.84. The van der Waals surface area contributed by atoms with Gasteiger partial charge in [-0.15, -0.1) is 37.0 Å². The lowest BCUT2D eigenvalue weighted by atomic mass is 10.2. The van der Waals surface area contributed by atoms with Gasteiger partial charge in [0.25, 0.3) is 0 Å². The second-order valence-corrected chi connectivity index (χ2v) is 10.7. The Bertz CT molecular complexity index is 1070. The topological polar surface area (TPSA) is 167 Å². The van der Waals surface area contributed by atoms with Crippen molar-refractivity contribution in [2.24, 2.45) is 0 Å². The SMILES string of the molecule is Nc1c2[nH]c(c1P)Cc1[nH]c(c(P)c1N)Cc1[nH]c(c(P)c1N)Cc1[nH]c(c(P)c1N)C2. The molecular formula is C20H28N8P4. The molecule has 0 radical (unpaired) electrons. The van der Waals surface area contributed by atoms with E-state index in [-0.39, 0.29) is 0 Å². The summed E-state index contributed by atoms with van der Waals surface area (Å²) in [6.45, 7) is 0. The van der Waals surface area contributed by atoms with Crippen molar-refractivity contribution >= 4 is 80.9 Å². The maximum absolute atomic E-state index is 6.46. The van der Waals surface area contributed by atoms with Crippen LogP contribution in [0, 0.1) is 0 Å². The van der Waals surface area contributed by atoms with E-state index in [0.717, 1.165) is 89.5 Å². The van der Waals surface area contributed by atoms with Gasteiger partial charge in [-0.05, 0) is 0 Å². The molecule has 0 saturated heterocycles. The first-order chi connectivity index (χ1) is 15.2. The molecule has 4 aromatic heterocycles. The summed E-state index contributed by atoms with van der Waals surface area (Å²) in [7, 11) is 11.0. The van der Waals surface area contributed by atoms with Crippen LogP contribution in [0.25, 0.3) is 0 Å². The molecule has 12 heteroatoms. The van der Waals surface area contributed by atoms with Gasteiger partial charge in [0.2, 0.25) is 0 Å². The number of nitrogen functional groups attached to an aromatic ring is 4. The second-order valence-electron chi connectivity index (χ2n) is 8.34. The van der Waals surface area contributed by atoms with Crippen LogP contribution in [0.5, 0.6) is 0 Å². The highest BCUT2D eigenvalue weighted by Gasteiger charge is 2.22. The van der Waals surface area contributed by atoms with Gasteiger partial charge in [0.1, 0.15) is 0 Å². The highest BCUT2D eigenvalue weighted by molar-refractivity contribution is 7.29. The maximum atomic E-state index is 6.46. The number of hydrogen-bond acceptors (Lipinski definition) is 4. The van der Waals surface area contributed by atoms with Crippen LogP contribution in [0.15, 0.2) is 0 Å². The summed E-state index contributed by atoms with van der Waals surface area (Å²) in [6.07, 6.45) is 2.45. The molecule has 0 spiro atoms. The molecule has 32 heavy (non-hydrogen) atoms. The second kappa shape index (κ2) is 7.82. The Balaban J connectivity index is 1.70. The summed E-state index contributed by atoms with van der Waals surface area (Å²) < 4.78 is 0. The summed E-state index contributed by atoms with van der Waals surface area (Å²) >= 11 is 0. The predicted molar refractivity (Wildman–Crippen MR) is 149 cm³/mol. The molecule has 0 amide bonds. The lowest BCUT2D eigenvalue weighted by Gasteiger charge is -2.02. The molecule has 5 rings (SSSR count). The van der Waals surface area contributed by atoms with Crippen molar-refractivity contribution in [3.63, 3.8) is 0 Å². The van der Waals surface area contributed by atoms with Crippen LogP contribution in [-0.4, -0.2) is 19.9 Å². The van der Waals surface area contributed by atoms with Gasteiger partial charge in [-0.1, -0.05) is 0 Å². The van der Waals surface area contributed by atoms with E-state index in [9.17, 15) is 0 Å². The first-order valence-electron chi connectivity index (χ1n) is 10.1. The number of anilines is 4. The van der Waals surface area contributed by atoms with E-state index in [1.54, 1.807) is 0 Å². The highest BCUT2D eigenvalue weighted by Crippen LogP contribution is 2.27. The van der Waals surface area contributed by atoms with Crippen molar-refractivity contribution in [2.45, 2.75) is 25.7 Å². The number of H-pyrrole nitrogens is 4. The molecule has 0 aromatic carbocycles. The molecule has 4 aromatic rings. The molecule has 12 N–H and O–H groups in total. The van der Waals surface area contributed by atoms with Crippen molar-refractivity contribution in [1.82, 2.24) is 19.9 Å². The largest absolute Gasteiger partial charge is 0.397 e. The molecule has 4 unspecified atom stereocenters. The van der Waals surface area contributed by atoms with Crippen LogP contribution in [0.1, 0.15) is 45.6 Å². The fourth-order valence-electron chi connectivity index (χ4n) is 4.39. The molecule has 0 aliphatic carbocycles. The smallest absolute Gasteiger partial charge is 0.0604 e. The lowest BCUT2D eigenvalue weighted by Crippen LogP contribution is -2.07. The first-order valence-corrected chi connectivity index (χ1v) is 12.4. The number of rotatable bonds is 0. The summed E-state index contributed by atoms with van der Waals surface area (Å²) in [6, 6.07) is 0. The van der Waals surface area contributed by atoms with Crippen molar-refractivity contribution in [2.75, 3.05) is 22.9 Å². The molecule has 168 valence electrons. The zero-order chi connectivity index (χ0) is 22.9. The van der Waals surface area contributed by atoms with E-state index < -0.39 is 0 Å². The van der Waals surface area contributed by atoms with Gasteiger partial charge < -0.3 is 42.9 Å². The van der Waals surface area contributed by atoms with E-state index >= 15 is 0 Å². The van der Waals surface area contributed by atoms with E-state index in [1.165, 1.54) is 0 Å². The number of hydrogen-bond donors (Lipinski definition) is 8. The molecule has 4 atom stereocenters. The molecular weight excluding hydrogens is 476 g/mol. The average molecular weight is 504 g/mol. The molecule has 1 aliphatic rings. The van der Waals surface area contributed by atoms with E-state index in [4.69, 9.17) is 22.9 Å². The number of nitrogens with two attached hydrogens (primary N) is 4. The average Bonchev–Trinajstić information content (AvgIpc) is 3.37. The molecule has 8 nitrogen and oxygen atoms in total. The standard InChI is InChI=1S/C20H28N8P4/c21-13-5-1-9-17(29)14(22)6(26-9)2-11-19(31)16(24)8(28-11)4-12-20(32)15(23)7(27-12)3-10(25-5)18(13)30/h25-28H,1-4,21-24,29-32H2. The molecule has 0 fully saturated rings. The minimum atomic E-state index is 0.614. The summed E-state index contributed by atoms with van der Waals surface area (Å²) in [4.78, 5) is 14.1. The third-order valence-electron chi connectivity index (χ3n) is 6.38. The van der Waals surface area contributed by atoms with Gasteiger partial charge in [-0.2, -0.15) is 0 Å². The molecule has 0 saturated carbocycles. The maximum Gasteiger partial charge on any atom is 0.0604 e. The van der Waals surface area contributed by atoms with Gasteiger partial charge in [0.05, 0.1) is 22.7 Å². The predicted octanol–water partition coefficient (Wildman–Crippen LogP) is 0.00600. The Morgan fingerprint density at radius 3 is 0.750 bits per heavy atom. The van der Waals surface area contributed by atoms with Crippen molar-refractivity contribution < 1.29 is 0 Å². The monoisotopic (exact) mass is 504 g/mol. The quantitative estimate of drug-likeness (QED) is 0.139. The summed E-state index contributed by atoms with van der Waals surface area (Å²) in [5.41, 5.74) is 36.6. The fraction of sp³-hybridized carbons (Fsp3) is 0.200. The van der Waals surface area contributed by atoms with Gasteiger partial charge in [0, 0.05) is 92.5 Å². The summed E-state index contributed by atoms with van der Waals surface area (Å²) in [5.74, 6) is 0. The molecule has 1 aliphatic heterocycles. The third-order valence-corrected chi connectivity index (χ3v) is 9.02. The number of nitrogens with one attached hydrogen (secondary N) is 4. The lowest BCUT2D eigenvalue weighted by molar-refractivity contribution is 0.954. The van der Waals surface area contributed by atoms with Crippen LogP contribution in [0.2, 0.25) is 0 Å². The Morgan fingerprint density at radius 1 is 0.375 bits per heavy atom. The zero-order valence-electron chi connectivity index (χ0n) is 17.4. The van der Waals surface area contributed by atoms with Crippen LogP contribution < -0.4 is 44.2 Å². The molecule has 8 bridgehead atoms. The van der Waals surface area contributed by atoms with Crippen molar-refractivity contribution in [3.05, 3.63) is 45.6 Å². The Morgan fingerprint density at radius 2 is 0.562 bits per heavy atom. The van der Waals surface area contributed by atoms with Crippen LogP contribution in [0.3, 0.4) is 0 Å². The molecule has 5 heterocycles. The van der Waals surface area contributed by atoms with Crippen molar-refractivity contribution in [1.29, 1.82) is 0 Å². The minimum absolute atomic E-state index is 0.614. The van der Waals surface area contributed by atoms with Gasteiger partial charge >= 0.3 is 0 Å². The van der Waals surface area contributed by atoms with Gasteiger partial charge in [0.15, 0.2) is 0 Å². The first kappa shape index (κ1) is 21.9. The van der Waals surface area contributed by atoms with Crippen LogP contribution in [0.4, 0.5) is 22.7 Å². The van der Waals surface area contributed by atoms with Crippen LogP contribution >= 0.6 is 37.0 Å². The van der Waals surface area contributed by atoms with E-state index in [2.05, 4.69) is 56.9 Å². The number of aromatic amines is 4. The highest BCUT2D eigenvalue weighted by atomic mass is 31.0. The minimum Gasteiger partial charge on any atom is -0.397 e. The van der Waals surface area contributed by atoms with Gasteiger partial charge in [-0.25, -0.2) is 0 Å². The third kappa shape index (κ3) is 3.37. The van der Waals surface area contributed by atoms with Crippen molar-refractivity contribution in [3.8, 4) is 0 Å². The Hall–Kier alpha value is -1.96. The van der Waals surface area contributed by atoms with E-state index in [0.29, 0.717) is 25.7 Å². The normalized spacial score (nSPS) is 13.6. The fourth-order valence-corrected chi connectivity index (χ4v) is 5.78. The van der Waals surface area contributed by atoms with E-state index in [1.807, 2.05) is 0 Å². The van der Waals surface area contributed by atoms with Crippen LogP contribution in [-0.2, 0) is 25.7 Å².